The zero-order valence-corrected chi connectivity index (χ0v) is 18.0. The maximum absolute atomic E-state index is 12.2. The number of hydrogen-bond acceptors (Lipinski definition) is 7. The highest BCUT2D eigenvalue weighted by Gasteiger charge is 2.25. The monoisotopic (exact) mass is 457 g/mol. The highest BCUT2D eigenvalue weighted by molar-refractivity contribution is 7.98. The van der Waals surface area contributed by atoms with Gasteiger partial charge in [0.1, 0.15) is 10.7 Å². The normalized spacial score (nSPS) is 13.5. The van der Waals surface area contributed by atoms with Crippen molar-refractivity contribution in [2.24, 2.45) is 0 Å². The lowest BCUT2D eigenvalue weighted by Crippen LogP contribution is -2.25. The lowest BCUT2D eigenvalue weighted by Gasteiger charge is -2.09. The van der Waals surface area contributed by atoms with E-state index in [0.717, 1.165) is 23.5 Å². The number of thioether (sulfide) groups is 1. The van der Waals surface area contributed by atoms with Crippen LogP contribution in [-0.2, 0) is 5.75 Å². The summed E-state index contributed by atoms with van der Waals surface area (Å²) < 4.78 is 7.46. The van der Waals surface area contributed by atoms with Crippen LogP contribution in [0, 0.1) is 0 Å². The molecular formula is C20H16ClN5O2S2. The number of nitrogens with zero attached hydrogens (tertiary/aromatic N) is 4. The van der Waals surface area contributed by atoms with Gasteiger partial charge >= 0.3 is 0 Å². The Morgan fingerprint density at radius 2 is 2.10 bits per heavy atom. The molecule has 3 aromatic heterocycles. The van der Waals surface area contributed by atoms with E-state index in [9.17, 15) is 4.79 Å². The number of hydrogen-bond donors (Lipinski definition) is 1. The third-order valence-corrected chi connectivity index (χ3v) is 6.71. The Kier molecular flexibility index (Phi) is 5.32. The van der Waals surface area contributed by atoms with Gasteiger partial charge in [0.05, 0.1) is 12.0 Å². The number of carbonyl (C=O) groups is 1. The maximum Gasteiger partial charge on any atom is 0.270 e. The molecule has 1 aromatic carbocycles. The second-order valence-corrected chi connectivity index (χ2v) is 9.08. The van der Waals surface area contributed by atoms with Crippen LogP contribution < -0.4 is 5.32 Å². The molecule has 10 heteroatoms. The Balaban J connectivity index is 1.38. The van der Waals surface area contributed by atoms with Gasteiger partial charge in [0.15, 0.2) is 10.9 Å². The summed E-state index contributed by atoms with van der Waals surface area (Å²) in [5.41, 5.74) is 1.35. The third-order valence-electron chi connectivity index (χ3n) is 4.48. The summed E-state index contributed by atoms with van der Waals surface area (Å²) in [4.78, 5) is 16.6. The van der Waals surface area contributed by atoms with Gasteiger partial charge in [-0.25, -0.2) is 4.98 Å². The second kappa shape index (κ2) is 8.25. The highest BCUT2D eigenvalue weighted by atomic mass is 35.5. The minimum atomic E-state index is -0.102. The van der Waals surface area contributed by atoms with Crippen molar-refractivity contribution < 1.29 is 9.21 Å². The van der Waals surface area contributed by atoms with Gasteiger partial charge in [-0.3, -0.25) is 9.36 Å². The van der Waals surface area contributed by atoms with Crippen LogP contribution in [0.3, 0.4) is 0 Å². The first kappa shape index (κ1) is 19.3. The van der Waals surface area contributed by atoms with Crippen molar-refractivity contribution in [2.45, 2.75) is 29.8 Å². The second-order valence-electron chi connectivity index (χ2n) is 6.76. The lowest BCUT2D eigenvalue weighted by molar-refractivity contribution is 0.0946. The molecule has 1 aliphatic carbocycles. The third kappa shape index (κ3) is 4.14. The summed E-state index contributed by atoms with van der Waals surface area (Å²) in [5, 5.41) is 15.6. The zero-order chi connectivity index (χ0) is 20.5. The van der Waals surface area contributed by atoms with Crippen LogP contribution in [0.2, 0.25) is 5.02 Å². The van der Waals surface area contributed by atoms with Gasteiger partial charge in [-0.1, -0.05) is 23.4 Å². The maximum atomic E-state index is 12.2. The molecular weight excluding hydrogens is 442 g/mol. The number of rotatable bonds is 7. The van der Waals surface area contributed by atoms with Crippen molar-refractivity contribution in [3.8, 4) is 17.3 Å². The number of aromatic nitrogens is 4. The molecule has 5 rings (SSSR count). The van der Waals surface area contributed by atoms with Crippen LogP contribution >= 0.6 is 34.7 Å². The van der Waals surface area contributed by atoms with E-state index in [1.54, 1.807) is 11.6 Å². The quantitative estimate of drug-likeness (QED) is 0.400. The molecule has 1 N–H and O–H groups in total. The number of amides is 1. The molecule has 0 spiro atoms. The Labute approximate surface area is 185 Å². The number of carbonyl (C=O) groups excluding carboxylic acids is 1. The molecule has 0 aliphatic heterocycles. The fraction of sp³-hybridized carbons (Fsp3) is 0.200. The Morgan fingerprint density at radius 3 is 2.83 bits per heavy atom. The molecule has 0 radical (unpaired) electrons. The molecule has 1 aliphatic rings. The van der Waals surface area contributed by atoms with Crippen LogP contribution in [0.1, 0.15) is 28.3 Å². The van der Waals surface area contributed by atoms with E-state index >= 15 is 0 Å². The van der Waals surface area contributed by atoms with Crippen molar-refractivity contribution in [1.82, 2.24) is 25.1 Å². The molecule has 152 valence electrons. The summed E-state index contributed by atoms with van der Waals surface area (Å²) >= 11 is 9.02. The van der Waals surface area contributed by atoms with Crippen molar-refractivity contribution in [2.75, 3.05) is 0 Å². The van der Waals surface area contributed by atoms with E-state index in [2.05, 4.69) is 20.5 Å². The average molecular weight is 458 g/mol. The van der Waals surface area contributed by atoms with Crippen LogP contribution in [0.4, 0.5) is 0 Å². The predicted octanol–water partition coefficient (Wildman–Crippen LogP) is 4.82. The largest absolute Gasteiger partial charge is 0.461 e. The van der Waals surface area contributed by atoms with Gasteiger partial charge in [0.2, 0.25) is 5.82 Å². The number of halogens is 1. The van der Waals surface area contributed by atoms with Gasteiger partial charge in [-0.05, 0) is 49.2 Å². The van der Waals surface area contributed by atoms with Crippen LogP contribution in [0.25, 0.3) is 17.3 Å². The van der Waals surface area contributed by atoms with Crippen LogP contribution in [0.5, 0.6) is 0 Å². The van der Waals surface area contributed by atoms with Gasteiger partial charge in [0, 0.05) is 22.1 Å². The Bertz CT molecular complexity index is 1170. The van der Waals surface area contributed by atoms with E-state index in [-0.39, 0.29) is 5.91 Å². The fourth-order valence-electron chi connectivity index (χ4n) is 2.85. The first-order valence-corrected chi connectivity index (χ1v) is 11.5. The molecule has 0 saturated heterocycles. The molecule has 0 unspecified atom stereocenters. The number of nitrogens with one attached hydrogen (secondary N) is 1. The smallest absolute Gasteiger partial charge is 0.270 e. The van der Waals surface area contributed by atoms with Crippen LogP contribution in [0.15, 0.2) is 57.6 Å². The van der Waals surface area contributed by atoms with Gasteiger partial charge in [-0.15, -0.1) is 21.5 Å². The molecule has 30 heavy (non-hydrogen) atoms. The average Bonchev–Trinajstić information content (AvgIpc) is 3.18. The molecule has 1 amide bonds. The Morgan fingerprint density at radius 1 is 1.27 bits per heavy atom. The first-order valence-electron chi connectivity index (χ1n) is 9.30. The molecule has 0 bridgehead atoms. The number of thiazole rings is 1. The molecule has 4 aromatic rings. The zero-order valence-electron chi connectivity index (χ0n) is 15.6. The van der Waals surface area contributed by atoms with E-state index in [1.165, 1.54) is 23.1 Å². The minimum absolute atomic E-state index is 0.102. The van der Waals surface area contributed by atoms with Gasteiger partial charge in [0.25, 0.3) is 5.91 Å². The Hall–Kier alpha value is -2.62. The molecule has 7 nitrogen and oxygen atoms in total. The van der Waals surface area contributed by atoms with Crippen molar-refractivity contribution in [1.29, 1.82) is 0 Å². The molecule has 1 fully saturated rings. The summed E-state index contributed by atoms with van der Waals surface area (Å²) in [7, 11) is 0. The van der Waals surface area contributed by atoms with Crippen molar-refractivity contribution >= 4 is 40.6 Å². The molecule has 0 atom stereocenters. The first-order chi connectivity index (χ1) is 14.7. The SMILES string of the molecule is O=C(NC1CC1)c1csc(CSc2nnc(-c3ccco3)n2-c2ccc(Cl)cc2)n1. The summed E-state index contributed by atoms with van der Waals surface area (Å²) in [5.74, 6) is 1.70. The standard InChI is InChI=1S/C20H16ClN5O2S2/c21-12-3-7-14(8-4-12)26-18(16-2-1-9-28-16)24-25-20(26)30-11-17-23-15(10-29-17)19(27)22-13-5-6-13/h1-4,7-10,13H,5-6,11H2,(H,22,27). The van der Waals surface area contributed by atoms with Gasteiger partial charge < -0.3 is 9.73 Å². The number of furan rings is 1. The van der Waals surface area contributed by atoms with E-state index in [0.29, 0.717) is 39.3 Å². The summed E-state index contributed by atoms with van der Waals surface area (Å²) in [6, 6.07) is 11.4. The number of benzene rings is 1. The van der Waals surface area contributed by atoms with Crippen molar-refractivity contribution in [3.63, 3.8) is 0 Å². The lowest BCUT2D eigenvalue weighted by atomic mass is 10.3. The summed E-state index contributed by atoms with van der Waals surface area (Å²) in [6.45, 7) is 0. The fourth-order valence-corrected chi connectivity index (χ4v) is 4.72. The van der Waals surface area contributed by atoms with Crippen LogP contribution in [-0.4, -0.2) is 31.7 Å². The van der Waals surface area contributed by atoms with E-state index in [4.69, 9.17) is 16.0 Å². The molecule has 3 heterocycles. The topological polar surface area (TPSA) is 85.8 Å². The van der Waals surface area contributed by atoms with E-state index < -0.39 is 0 Å². The van der Waals surface area contributed by atoms with E-state index in [1.807, 2.05) is 41.0 Å². The highest BCUT2D eigenvalue weighted by Crippen LogP contribution is 2.31. The predicted molar refractivity (Wildman–Crippen MR) is 116 cm³/mol. The summed E-state index contributed by atoms with van der Waals surface area (Å²) in [6.07, 6.45) is 3.71. The molecule has 1 saturated carbocycles. The van der Waals surface area contributed by atoms with Gasteiger partial charge in [-0.2, -0.15) is 0 Å². The van der Waals surface area contributed by atoms with Crippen molar-refractivity contribution in [3.05, 3.63) is 63.8 Å². The minimum Gasteiger partial charge on any atom is -0.461 e.